The molecule has 6 heteroatoms. The van der Waals surface area contributed by atoms with Crippen LogP contribution >= 0.6 is 23.2 Å². The summed E-state index contributed by atoms with van der Waals surface area (Å²) in [5.74, 6) is 1.39. The number of ether oxygens (including phenoxy) is 2. The van der Waals surface area contributed by atoms with Crippen molar-refractivity contribution in [1.82, 2.24) is 5.01 Å². The molecule has 0 fully saturated rings. The van der Waals surface area contributed by atoms with E-state index in [1.165, 1.54) is 10.8 Å². The molecule has 33 heavy (non-hydrogen) atoms. The minimum Gasteiger partial charge on any atom is -0.496 e. The van der Waals surface area contributed by atoms with Crippen molar-refractivity contribution in [3.05, 3.63) is 106 Å². The summed E-state index contributed by atoms with van der Waals surface area (Å²) >= 11 is 13.0. The zero-order valence-electron chi connectivity index (χ0n) is 17.8. The first-order valence-electron chi connectivity index (χ1n) is 10.8. The highest BCUT2D eigenvalue weighted by Crippen LogP contribution is 2.51. The minimum atomic E-state index is -0.477. The van der Waals surface area contributed by atoms with E-state index >= 15 is 0 Å². The zero-order chi connectivity index (χ0) is 22.5. The molecule has 0 bridgehead atoms. The number of fused-ring (bicyclic) bond motifs is 4. The molecule has 0 spiro atoms. The number of nitrogens with zero attached hydrogens (tertiary/aromatic N) is 2. The highest BCUT2D eigenvalue weighted by molar-refractivity contribution is 6.35. The van der Waals surface area contributed by atoms with Crippen molar-refractivity contribution < 1.29 is 9.47 Å². The predicted molar refractivity (Wildman–Crippen MR) is 133 cm³/mol. The van der Waals surface area contributed by atoms with Crippen molar-refractivity contribution in [3.8, 4) is 11.5 Å². The van der Waals surface area contributed by atoms with Gasteiger partial charge in [0, 0.05) is 17.0 Å². The van der Waals surface area contributed by atoms with E-state index in [2.05, 4.69) is 42.5 Å². The third-order valence-electron chi connectivity index (χ3n) is 6.30. The van der Waals surface area contributed by atoms with Crippen molar-refractivity contribution in [2.75, 3.05) is 7.11 Å². The molecule has 0 aromatic heterocycles. The third-order valence-corrected chi connectivity index (χ3v) is 6.79. The van der Waals surface area contributed by atoms with E-state index in [-0.39, 0.29) is 6.04 Å². The topological polar surface area (TPSA) is 34.1 Å². The SMILES string of the molecule is COc1ccccc1[C@@H]1Oc2c(Cl)cc(Cl)cc2[C@H]2CC(c3ccc4ccccc4c3)=NN21. The fraction of sp³-hybridized carbons (Fsp3) is 0.148. The van der Waals surface area contributed by atoms with E-state index < -0.39 is 6.23 Å². The minimum absolute atomic E-state index is 0.0543. The Morgan fingerprint density at radius 1 is 0.909 bits per heavy atom. The van der Waals surface area contributed by atoms with E-state index in [1.807, 2.05) is 35.3 Å². The molecule has 2 aliphatic rings. The lowest BCUT2D eigenvalue weighted by Gasteiger charge is -2.39. The molecule has 0 unspecified atom stereocenters. The molecule has 0 N–H and O–H groups in total. The monoisotopic (exact) mass is 474 g/mol. The average Bonchev–Trinajstić information content (AvgIpc) is 3.29. The Bertz CT molecular complexity index is 1420. The summed E-state index contributed by atoms with van der Waals surface area (Å²) in [5, 5.41) is 10.5. The lowest BCUT2D eigenvalue weighted by atomic mass is 9.95. The molecule has 2 atom stereocenters. The number of rotatable bonds is 3. The normalized spacial score (nSPS) is 19.0. The molecule has 2 aliphatic heterocycles. The highest BCUT2D eigenvalue weighted by atomic mass is 35.5. The quantitative estimate of drug-likeness (QED) is 0.310. The van der Waals surface area contributed by atoms with Crippen molar-refractivity contribution in [3.63, 3.8) is 0 Å². The Morgan fingerprint density at radius 3 is 2.55 bits per heavy atom. The maximum absolute atomic E-state index is 6.59. The van der Waals surface area contributed by atoms with Crippen LogP contribution in [0.5, 0.6) is 11.5 Å². The number of hydrogen-bond acceptors (Lipinski definition) is 4. The molecule has 4 aromatic carbocycles. The number of methoxy groups -OCH3 is 1. The first kappa shape index (κ1) is 20.4. The maximum Gasteiger partial charge on any atom is 0.217 e. The van der Waals surface area contributed by atoms with Crippen LogP contribution in [0, 0.1) is 0 Å². The Balaban J connectivity index is 1.49. The second kappa shape index (κ2) is 7.98. The van der Waals surface area contributed by atoms with E-state index in [0.717, 1.165) is 34.6 Å². The molecular weight excluding hydrogens is 455 g/mol. The maximum atomic E-state index is 6.59. The van der Waals surface area contributed by atoms with Crippen LogP contribution in [-0.4, -0.2) is 17.8 Å². The Morgan fingerprint density at radius 2 is 1.70 bits per heavy atom. The molecular formula is C27H20Cl2N2O2. The van der Waals surface area contributed by atoms with Gasteiger partial charge in [0.2, 0.25) is 6.23 Å². The van der Waals surface area contributed by atoms with Crippen LogP contribution in [0.15, 0.2) is 84.0 Å². The van der Waals surface area contributed by atoms with E-state index in [4.69, 9.17) is 37.8 Å². The van der Waals surface area contributed by atoms with Gasteiger partial charge in [0.15, 0.2) is 0 Å². The largest absolute Gasteiger partial charge is 0.496 e. The Kier molecular flexibility index (Phi) is 4.93. The molecule has 6 rings (SSSR count). The summed E-state index contributed by atoms with van der Waals surface area (Å²) < 4.78 is 12.1. The van der Waals surface area contributed by atoms with Crippen molar-refractivity contribution in [2.45, 2.75) is 18.7 Å². The molecule has 4 nitrogen and oxygen atoms in total. The van der Waals surface area contributed by atoms with Crippen LogP contribution in [0.1, 0.15) is 35.4 Å². The molecule has 0 radical (unpaired) electrons. The van der Waals surface area contributed by atoms with Gasteiger partial charge < -0.3 is 9.47 Å². The number of benzene rings is 4. The van der Waals surface area contributed by atoms with Crippen LogP contribution < -0.4 is 9.47 Å². The van der Waals surface area contributed by atoms with Gasteiger partial charge in [0.25, 0.3) is 0 Å². The van der Waals surface area contributed by atoms with Gasteiger partial charge in [-0.05, 0) is 46.7 Å². The van der Waals surface area contributed by atoms with Crippen LogP contribution in [0.2, 0.25) is 10.0 Å². The van der Waals surface area contributed by atoms with E-state index in [9.17, 15) is 0 Å². The molecule has 2 heterocycles. The molecule has 0 aliphatic carbocycles. The predicted octanol–water partition coefficient (Wildman–Crippen LogP) is 7.40. The van der Waals surface area contributed by atoms with Gasteiger partial charge in [-0.3, -0.25) is 0 Å². The van der Waals surface area contributed by atoms with Crippen molar-refractivity contribution >= 4 is 39.7 Å². The first-order chi connectivity index (χ1) is 16.1. The standard InChI is InChI=1S/C27H20Cl2N2O2/c1-32-25-9-5-4-8-20(25)27-31-24(21-13-19(28)14-22(29)26(21)33-27)15-23(30-31)18-11-10-16-6-2-3-7-17(16)12-18/h2-14,24,27H,15H2,1H3/t24-,27+/m1/s1. The Hall–Kier alpha value is -3.21. The van der Waals surface area contributed by atoms with E-state index in [1.54, 1.807) is 13.2 Å². The summed E-state index contributed by atoms with van der Waals surface area (Å²) in [7, 11) is 1.66. The summed E-state index contributed by atoms with van der Waals surface area (Å²) in [6.45, 7) is 0. The van der Waals surface area contributed by atoms with Crippen LogP contribution in [0.25, 0.3) is 10.8 Å². The molecule has 0 amide bonds. The van der Waals surface area contributed by atoms with Crippen LogP contribution in [0.4, 0.5) is 0 Å². The molecule has 4 aromatic rings. The lowest BCUT2D eigenvalue weighted by molar-refractivity contribution is -0.0202. The van der Waals surface area contributed by atoms with Gasteiger partial charge in [-0.2, -0.15) is 5.10 Å². The number of halogens is 2. The average molecular weight is 475 g/mol. The fourth-order valence-corrected chi connectivity index (χ4v) is 5.29. The fourth-order valence-electron chi connectivity index (χ4n) is 4.73. The third kappa shape index (κ3) is 3.41. The molecule has 164 valence electrons. The Labute approximate surface area is 201 Å². The highest BCUT2D eigenvalue weighted by Gasteiger charge is 2.43. The second-order valence-corrected chi connectivity index (χ2v) is 9.07. The summed E-state index contributed by atoms with van der Waals surface area (Å²) in [6.07, 6.45) is 0.243. The number of hydrazone groups is 1. The van der Waals surface area contributed by atoms with Crippen LogP contribution in [0.3, 0.4) is 0 Å². The molecule has 0 saturated heterocycles. The van der Waals surface area contributed by atoms with Gasteiger partial charge in [-0.15, -0.1) is 0 Å². The van der Waals surface area contributed by atoms with Gasteiger partial charge in [0.1, 0.15) is 11.5 Å². The first-order valence-corrected chi connectivity index (χ1v) is 11.5. The van der Waals surface area contributed by atoms with E-state index in [0.29, 0.717) is 15.8 Å². The lowest BCUT2D eigenvalue weighted by Crippen LogP contribution is -2.34. The number of para-hydroxylation sites is 1. The summed E-state index contributed by atoms with van der Waals surface area (Å²) in [5.41, 5.74) is 3.93. The zero-order valence-corrected chi connectivity index (χ0v) is 19.3. The van der Waals surface area contributed by atoms with Crippen LogP contribution in [-0.2, 0) is 0 Å². The van der Waals surface area contributed by atoms with Gasteiger partial charge in [0.05, 0.1) is 29.4 Å². The van der Waals surface area contributed by atoms with Gasteiger partial charge >= 0.3 is 0 Å². The smallest absolute Gasteiger partial charge is 0.217 e. The van der Waals surface area contributed by atoms with Crippen molar-refractivity contribution in [1.29, 1.82) is 0 Å². The summed E-state index contributed by atoms with van der Waals surface area (Å²) in [6, 6.07) is 26.2. The summed E-state index contributed by atoms with van der Waals surface area (Å²) in [4.78, 5) is 0. The van der Waals surface area contributed by atoms with Gasteiger partial charge in [-0.25, -0.2) is 5.01 Å². The molecule has 0 saturated carbocycles. The number of hydrogen-bond donors (Lipinski definition) is 0. The van der Waals surface area contributed by atoms with Crippen molar-refractivity contribution in [2.24, 2.45) is 5.10 Å². The second-order valence-electron chi connectivity index (χ2n) is 8.23. The van der Waals surface area contributed by atoms with Gasteiger partial charge in [-0.1, -0.05) is 71.7 Å².